The second kappa shape index (κ2) is 8.29. The molecule has 0 saturated heterocycles. The van der Waals surface area contributed by atoms with E-state index in [1.54, 1.807) is 0 Å². The summed E-state index contributed by atoms with van der Waals surface area (Å²) >= 11 is 3.52. The third kappa shape index (κ3) is 4.64. The fourth-order valence-electron chi connectivity index (χ4n) is 2.27. The Balaban J connectivity index is 2.06. The van der Waals surface area contributed by atoms with Crippen LogP contribution in [0.4, 0.5) is 0 Å². The Bertz CT molecular complexity index is 556. The number of benzene rings is 1. The second-order valence-corrected chi connectivity index (χ2v) is 5.99. The highest BCUT2D eigenvalue weighted by molar-refractivity contribution is 9.10. The first-order valence-corrected chi connectivity index (χ1v) is 8.34. The van der Waals surface area contributed by atoms with E-state index < -0.39 is 0 Å². The van der Waals surface area contributed by atoms with E-state index >= 15 is 0 Å². The minimum absolute atomic E-state index is 0.405. The van der Waals surface area contributed by atoms with Gasteiger partial charge in [0.2, 0.25) is 11.7 Å². The molecule has 1 N–H and O–H groups in total. The first kappa shape index (κ1) is 16.2. The van der Waals surface area contributed by atoms with Crippen molar-refractivity contribution in [3.05, 3.63) is 34.6 Å². The van der Waals surface area contributed by atoms with Gasteiger partial charge in [-0.1, -0.05) is 53.5 Å². The van der Waals surface area contributed by atoms with E-state index in [0.717, 1.165) is 42.3 Å². The van der Waals surface area contributed by atoms with Gasteiger partial charge >= 0.3 is 0 Å². The van der Waals surface area contributed by atoms with Gasteiger partial charge < -0.3 is 9.84 Å². The molecule has 5 heteroatoms. The number of halogens is 1. The van der Waals surface area contributed by atoms with Crippen LogP contribution in [-0.2, 0) is 6.42 Å². The number of hydrogen-bond acceptors (Lipinski definition) is 4. The molecule has 0 aliphatic rings. The summed E-state index contributed by atoms with van der Waals surface area (Å²) in [5.41, 5.74) is 0.959. The van der Waals surface area contributed by atoms with Crippen LogP contribution in [0.3, 0.4) is 0 Å². The summed E-state index contributed by atoms with van der Waals surface area (Å²) in [7, 11) is 0. The van der Waals surface area contributed by atoms with Gasteiger partial charge in [-0.25, -0.2) is 0 Å². The fraction of sp³-hybridized carbons (Fsp3) is 0.500. The lowest BCUT2D eigenvalue weighted by atomic mass is 10.1. The Labute approximate surface area is 134 Å². The van der Waals surface area contributed by atoms with Crippen LogP contribution in [0, 0.1) is 0 Å². The van der Waals surface area contributed by atoms with E-state index in [2.05, 4.69) is 45.2 Å². The standard InChI is InChI=1S/C16H22BrN3O/c1-3-7-12(18-10-4-2)11-15-19-16(20-21-15)13-8-5-6-9-14(13)17/h5-6,8-9,12,18H,3-4,7,10-11H2,1-2H3. The van der Waals surface area contributed by atoms with Crippen LogP contribution >= 0.6 is 15.9 Å². The molecule has 1 unspecified atom stereocenters. The molecule has 1 atom stereocenters. The van der Waals surface area contributed by atoms with Crippen molar-refractivity contribution in [1.29, 1.82) is 0 Å². The van der Waals surface area contributed by atoms with Crippen molar-refractivity contribution in [2.75, 3.05) is 6.54 Å². The Morgan fingerprint density at radius 3 is 2.76 bits per heavy atom. The van der Waals surface area contributed by atoms with Crippen molar-refractivity contribution in [3.8, 4) is 11.4 Å². The molecule has 4 nitrogen and oxygen atoms in total. The van der Waals surface area contributed by atoms with E-state index in [9.17, 15) is 0 Å². The predicted molar refractivity (Wildman–Crippen MR) is 88.1 cm³/mol. The normalized spacial score (nSPS) is 12.5. The summed E-state index contributed by atoms with van der Waals surface area (Å²) < 4.78 is 6.39. The summed E-state index contributed by atoms with van der Waals surface area (Å²) in [4.78, 5) is 4.52. The van der Waals surface area contributed by atoms with Gasteiger partial charge in [-0.05, 0) is 31.5 Å². The maximum atomic E-state index is 5.41. The van der Waals surface area contributed by atoms with Crippen LogP contribution in [0.2, 0.25) is 0 Å². The summed E-state index contributed by atoms with van der Waals surface area (Å²) in [6, 6.07) is 8.31. The van der Waals surface area contributed by atoms with Gasteiger partial charge in [0.1, 0.15) is 0 Å². The SMILES string of the molecule is CCCNC(CCC)Cc1nc(-c2ccccc2Br)no1. The summed E-state index contributed by atoms with van der Waals surface area (Å²) in [6.07, 6.45) is 4.18. The van der Waals surface area contributed by atoms with Gasteiger partial charge in [0.05, 0.1) is 0 Å². The van der Waals surface area contributed by atoms with E-state index in [1.807, 2.05) is 24.3 Å². The van der Waals surface area contributed by atoms with Gasteiger partial charge in [-0.3, -0.25) is 0 Å². The molecule has 0 spiro atoms. The van der Waals surface area contributed by atoms with E-state index in [1.165, 1.54) is 0 Å². The Morgan fingerprint density at radius 1 is 1.24 bits per heavy atom. The zero-order chi connectivity index (χ0) is 15.1. The summed E-state index contributed by atoms with van der Waals surface area (Å²) in [5, 5.41) is 7.64. The smallest absolute Gasteiger partial charge is 0.228 e. The van der Waals surface area contributed by atoms with Crippen molar-refractivity contribution in [3.63, 3.8) is 0 Å². The highest BCUT2D eigenvalue weighted by Gasteiger charge is 2.15. The number of rotatable bonds is 8. The molecule has 2 aromatic rings. The number of nitrogens with zero attached hydrogens (tertiary/aromatic N) is 2. The van der Waals surface area contributed by atoms with E-state index in [-0.39, 0.29) is 0 Å². The zero-order valence-corrected chi connectivity index (χ0v) is 14.2. The van der Waals surface area contributed by atoms with Gasteiger partial charge in [-0.15, -0.1) is 0 Å². The molecule has 1 heterocycles. The molecule has 0 saturated carbocycles. The average molecular weight is 352 g/mol. The molecule has 114 valence electrons. The maximum absolute atomic E-state index is 5.41. The van der Waals surface area contributed by atoms with Crippen LogP contribution in [0.25, 0.3) is 11.4 Å². The lowest BCUT2D eigenvalue weighted by molar-refractivity contribution is 0.350. The van der Waals surface area contributed by atoms with Gasteiger partial charge in [-0.2, -0.15) is 4.98 Å². The molecule has 2 rings (SSSR count). The van der Waals surface area contributed by atoms with Crippen molar-refractivity contribution in [2.45, 2.75) is 45.6 Å². The summed E-state index contributed by atoms with van der Waals surface area (Å²) in [5.74, 6) is 1.34. The number of nitrogens with one attached hydrogen (secondary N) is 1. The minimum Gasteiger partial charge on any atom is -0.339 e. The van der Waals surface area contributed by atoms with E-state index in [0.29, 0.717) is 17.8 Å². The third-order valence-corrected chi connectivity index (χ3v) is 4.02. The monoisotopic (exact) mass is 351 g/mol. The third-order valence-electron chi connectivity index (χ3n) is 3.32. The molecular formula is C16H22BrN3O. The van der Waals surface area contributed by atoms with Crippen LogP contribution in [-0.4, -0.2) is 22.7 Å². The Kier molecular flexibility index (Phi) is 6.39. The molecular weight excluding hydrogens is 330 g/mol. The van der Waals surface area contributed by atoms with Gasteiger partial charge in [0, 0.05) is 22.5 Å². The molecule has 0 amide bonds. The first-order valence-electron chi connectivity index (χ1n) is 7.55. The number of hydrogen-bond donors (Lipinski definition) is 1. The highest BCUT2D eigenvalue weighted by Crippen LogP contribution is 2.25. The molecule has 1 aromatic heterocycles. The molecule has 21 heavy (non-hydrogen) atoms. The Hall–Kier alpha value is -1.20. The van der Waals surface area contributed by atoms with Gasteiger partial charge in [0.25, 0.3) is 0 Å². The van der Waals surface area contributed by atoms with Crippen molar-refractivity contribution in [1.82, 2.24) is 15.5 Å². The molecule has 0 radical (unpaired) electrons. The number of aromatic nitrogens is 2. The summed E-state index contributed by atoms with van der Waals surface area (Å²) in [6.45, 7) is 5.39. The fourth-order valence-corrected chi connectivity index (χ4v) is 2.74. The quantitative estimate of drug-likeness (QED) is 0.773. The average Bonchev–Trinajstić information content (AvgIpc) is 2.94. The van der Waals surface area contributed by atoms with E-state index in [4.69, 9.17) is 4.52 Å². The van der Waals surface area contributed by atoms with Crippen molar-refractivity contribution >= 4 is 15.9 Å². The molecule has 0 bridgehead atoms. The molecule has 0 aliphatic carbocycles. The minimum atomic E-state index is 0.405. The largest absolute Gasteiger partial charge is 0.339 e. The highest BCUT2D eigenvalue weighted by atomic mass is 79.9. The van der Waals surface area contributed by atoms with Crippen LogP contribution in [0.1, 0.15) is 39.0 Å². The first-order chi connectivity index (χ1) is 10.2. The topological polar surface area (TPSA) is 51.0 Å². The van der Waals surface area contributed by atoms with Crippen LogP contribution in [0.15, 0.2) is 33.3 Å². The predicted octanol–water partition coefficient (Wildman–Crippen LogP) is 4.21. The second-order valence-electron chi connectivity index (χ2n) is 5.14. The lowest BCUT2D eigenvalue weighted by Crippen LogP contribution is -2.31. The van der Waals surface area contributed by atoms with Crippen LogP contribution in [0.5, 0.6) is 0 Å². The zero-order valence-electron chi connectivity index (χ0n) is 12.6. The van der Waals surface area contributed by atoms with Crippen molar-refractivity contribution in [2.24, 2.45) is 0 Å². The van der Waals surface area contributed by atoms with Gasteiger partial charge in [0.15, 0.2) is 0 Å². The van der Waals surface area contributed by atoms with Crippen molar-refractivity contribution < 1.29 is 4.52 Å². The molecule has 1 aromatic carbocycles. The lowest BCUT2D eigenvalue weighted by Gasteiger charge is -2.15. The molecule has 0 aliphatic heterocycles. The van der Waals surface area contributed by atoms with Crippen LogP contribution < -0.4 is 5.32 Å². The molecule has 0 fully saturated rings. The Morgan fingerprint density at radius 2 is 2.05 bits per heavy atom. The maximum Gasteiger partial charge on any atom is 0.228 e.